The number of carbonyl (C=O) groups excluding carboxylic acids is 1. The van der Waals surface area contributed by atoms with Crippen LogP contribution in [0.5, 0.6) is 0 Å². The minimum absolute atomic E-state index is 0.0122. The van der Waals surface area contributed by atoms with Gasteiger partial charge in [-0.3, -0.25) is 14.9 Å². The molecule has 7 nitrogen and oxygen atoms in total. The highest BCUT2D eigenvalue weighted by atomic mass is 35.5. The maximum Gasteiger partial charge on any atom is 0.288 e. The number of carbonyl (C=O) groups is 1. The van der Waals surface area contributed by atoms with Crippen molar-refractivity contribution in [1.82, 2.24) is 10.4 Å². The third kappa shape index (κ3) is 3.92. The number of hydrogen-bond acceptors (Lipinski definition) is 4. The molecule has 0 aliphatic carbocycles. The summed E-state index contributed by atoms with van der Waals surface area (Å²) in [7, 11) is 0. The second-order valence-electron chi connectivity index (χ2n) is 6.48. The number of hydrogen-bond donors (Lipinski definition) is 2. The molecule has 4 aromatic rings. The molecule has 8 heteroatoms. The van der Waals surface area contributed by atoms with Crippen LogP contribution >= 0.6 is 11.6 Å². The molecule has 0 fully saturated rings. The van der Waals surface area contributed by atoms with E-state index in [4.69, 9.17) is 11.6 Å². The number of aromatic nitrogens is 1. The van der Waals surface area contributed by atoms with Gasteiger partial charge in [-0.25, -0.2) is 5.43 Å². The Morgan fingerprint density at radius 3 is 2.43 bits per heavy atom. The first kappa shape index (κ1) is 19.4. The summed E-state index contributed by atoms with van der Waals surface area (Å²) in [5.41, 5.74) is 5.92. The first-order chi connectivity index (χ1) is 14.5. The molecule has 4 rings (SSSR count). The first-order valence-corrected chi connectivity index (χ1v) is 9.35. The van der Waals surface area contributed by atoms with Crippen molar-refractivity contribution in [2.24, 2.45) is 5.10 Å². The molecule has 148 valence electrons. The number of fused-ring (bicyclic) bond motifs is 1. The number of benzene rings is 3. The van der Waals surface area contributed by atoms with Gasteiger partial charge in [-0.15, -0.1) is 0 Å². The second kappa shape index (κ2) is 8.18. The molecule has 0 aliphatic heterocycles. The van der Waals surface area contributed by atoms with Gasteiger partial charge in [0, 0.05) is 33.6 Å². The number of nitro groups is 1. The fourth-order valence-electron chi connectivity index (χ4n) is 3.13. The van der Waals surface area contributed by atoms with E-state index < -0.39 is 10.8 Å². The number of halogens is 1. The van der Waals surface area contributed by atoms with Crippen LogP contribution < -0.4 is 5.43 Å². The van der Waals surface area contributed by atoms with Crippen LogP contribution in [0.3, 0.4) is 0 Å². The van der Waals surface area contributed by atoms with Gasteiger partial charge < -0.3 is 4.98 Å². The van der Waals surface area contributed by atoms with Gasteiger partial charge >= 0.3 is 0 Å². The first-order valence-electron chi connectivity index (χ1n) is 8.97. The Bertz CT molecular complexity index is 1260. The van der Waals surface area contributed by atoms with Crippen LogP contribution in [0.4, 0.5) is 5.69 Å². The Balaban J connectivity index is 1.62. The van der Waals surface area contributed by atoms with E-state index in [0.29, 0.717) is 16.3 Å². The molecule has 1 heterocycles. The highest BCUT2D eigenvalue weighted by Crippen LogP contribution is 2.33. The molecular weight excluding hydrogens is 404 g/mol. The zero-order valence-corrected chi connectivity index (χ0v) is 16.3. The molecule has 3 aromatic carbocycles. The summed E-state index contributed by atoms with van der Waals surface area (Å²) in [6, 6.07) is 20.7. The Labute approximate surface area is 176 Å². The predicted octanol–water partition coefficient (Wildman–Crippen LogP) is 5.16. The Morgan fingerprint density at radius 2 is 1.73 bits per heavy atom. The summed E-state index contributed by atoms with van der Waals surface area (Å²) in [5, 5.41) is 16.2. The second-order valence-corrected chi connectivity index (χ2v) is 6.91. The molecule has 0 aliphatic rings. The highest BCUT2D eigenvalue weighted by Gasteiger charge is 2.18. The summed E-state index contributed by atoms with van der Waals surface area (Å²) in [4.78, 5) is 26.2. The number of nitrogens with one attached hydrogen (secondary N) is 2. The van der Waals surface area contributed by atoms with E-state index in [1.807, 2.05) is 36.4 Å². The molecule has 0 saturated carbocycles. The highest BCUT2D eigenvalue weighted by molar-refractivity contribution is 6.30. The van der Waals surface area contributed by atoms with Crippen LogP contribution in [-0.2, 0) is 0 Å². The van der Waals surface area contributed by atoms with Crippen molar-refractivity contribution >= 4 is 40.3 Å². The van der Waals surface area contributed by atoms with Crippen molar-refractivity contribution in [3.63, 3.8) is 0 Å². The molecule has 0 atom stereocenters. The quantitative estimate of drug-likeness (QED) is 0.266. The molecular formula is C22H15ClN4O3. The smallest absolute Gasteiger partial charge is 0.288 e. The van der Waals surface area contributed by atoms with Gasteiger partial charge in [0.25, 0.3) is 11.6 Å². The van der Waals surface area contributed by atoms with Crippen LogP contribution in [0.15, 0.2) is 77.9 Å². The van der Waals surface area contributed by atoms with E-state index in [9.17, 15) is 14.9 Å². The Hall–Kier alpha value is -3.97. The maximum absolute atomic E-state index is 12.8. The van der Waals surface area contributed by atoms with Crippen molar-refractivity contribution in [3.8, 4) is 11.1 Å². The predicted molar refractivity (Wildman–Crippen MR) is 117 cm³/mol. The van der Waals surface area contributed by atoms with Crippen molar-refractivity contribution < 1.29 is 9.72 Å². The summed E-state index contributed by atoms with van der Waals surface area (Å²) < 4.78 is 0. The van der Waals surface area contributed by atoms with Crippen LogP contribution in [-0.4, -0.2) is 22.0 Å². The molecule has 30 heavy (non-hydrogen) atoms. The van der Waals surface area contributed by atoms with Crippen molar-refractivity contribution in [2.45, 2.75) is 0 Å². The largest absolute Gasteiger partial charge is 0.350 e. The number of para-hydroxylation sites is 1. The zero-order valence-electron chi connectivity index (χ0n) is 15.5. The van der Waals surface area contributed by atoms with Crippen LogP contribution in [0.1, 0.15) is 16.1 Å². The van der Waals surface area contributed by atoms with Crippen molar-refractivity contribution in [3.05, 3.63) is 99.2 Å². The lowest BCUT2D eigenvalue weighted by Crippen LogP contribution is -2.18. The molecule has 0 spiro atoms. The van der Waals surface area contributed by atoms with Gasteiger partial charge in [0.1, 0.15) is 5.69 Å². The Kier molecular flexibility index (Phi) is 5.28. The monoisotopic (exact) mass is 418 g/mol. The SMILES string of the molecule is O=C(NN=Cc1ccc([N+](=O)[O-])cc1)c1[nH]c2ccccc2c1-c1ccc(Cl)cc1. The van der Waals surface area contributed by atoms with Crippen molar-refractivity contribution in [2.75, 3.05) is 0 Å². The van der Waals surface area contributed by atoms with E-state index in [1.165, 1.54) is 18.3 Å². The number of H-pyrrole nitrogens is 1. The molecule has 0 unspecified atom stereocenters. The van der Waals surface area contributed by atoms with E-state index in [2.05, 4.69) is 15.5 Å². The minimum Gasteiger partial charge on any atom is -0.350 e. The zero-order chi connectivity index (χ0) is 21.1. The van der Waals surface area contributed by atoms with Crippen LogP contribution in [0.2, 0.25) is 5.02 Å². The molecule has 0 radical (unpaired) electrons. The average Bonchev–Trinajstić information content (AvgIpc) is 3.14. The van der Waals surface area contributed by atoms with Gasteiger partial charge in [-0.1, -0.05) is 41.9 Å². The molecule has 1 amide bonds. The number of hydrazone groups is 1. The Morgan fingerprint density at radius 1 is 1.03 bits per heavy atom. The lowest BCUT2D eigenvalue weighted by Gasteiger charge is -2.05. The van der Waals surface area contributed by atoms with E-state index in [1.54, 1.807) is 24.3 Å². The van der Waals surface area contributed by atoms with E-state index >= 15 is 0 Å². The van der Waals surface area contributed by atoms with E-state index in [-0.39, 0.29) is 5.69 Å². The molecule has 0 bridgehead atoms. The summed E-state index contributed by atoms with van der Waals surface area (Å²) in [6.07, 6.45) is 1.42. The lowest BCUT2D eigenvalue weighted by molar-refractivity contribution is -0.384. The summed E-state index contributed by atoms with van der Waals surface area (Å²) >= 11 is 6.00. The number of rotatable bonds is 5. The summed E-state index contributed by atoms with van der Waals surface area (Å²) in [5.74, 6) is -0.408. The van der Waals surface area contributed by atoms with E-state index in [0.717, 1.165) is 22.0 Å². The number of nitrogens with zero attached hydrogens (tertiary/aromatic N) is 2. The van der Waals surface area contributed by atoms with Gasteiger partial charge in [-0.05, 0) is 41.5 Å². The number of non-ortho nitro benzene ring substituents is 1. The molecule has 1 aromatic heterocycles. The van der Waals surface area contributed by atoms with Gasteiger partial charge in [-0.2, -0.15) is 5.10 Å². The maximum atomic E-state index is 12.8. The normalized spacial score (nSPS) is 11.1. The fourth-order valence-corrected chi connectivity index (χ4v) is 3.26. The molecule has 0 saturated heterocycles. The standard InChI is InChI=1S/C22H15ClN4O3/c23-16-9-7-15(8-10-16)20-18-3-1-2-4-19(18)25-21(20)22(28)26-24-13-14-5-11-17(12-6-14)27(29)30/h1-13,25H,(H,26,28). The van der Waals surface area contributed by atoms with Crippen molar-refractivity contribution in [1.29, 1.82) is 0 Å². The van der Waals surface area contributed by atoms with Gasteiger partial charge in [0.05, 0.1) is 11.1 Å². The number of amides is 1. The number of nitro benzene ring substituents is 1. The van der Waals surface area contributed by atoms with Crippen LogP contribution in [0.25, 0.3) is 22.0 Å². The average molecular weight is 419 g/mol. The minimum atomic E-state index is -0.475. The topological polar surface area (TPSA) is 100 Å². The van der Waals surface area contributed by atoms with Gasteiger partial charge in [0.2, 0.25) is 0 Å². The van der Waals surface area contributed by atoms with Crippen LogP contribution in [0, 0.1) is 10.1 Å². The molecule has 2 N–H and O–H groups in total. The number of aromatic amines is 1. The third-order valence-electron chi connectivity index (χ3n) is 4.55. The lowest BCUT2D eigenvalue weighted by atomic mass is 10.0. The summed E-state index contributed by atoms with van der Waals surface area (Å²) in [6.45, 7) is 0. The van der Waals surface area contributed by atoms with Gasteiger partial charge in [0.15, 0.2) is 0 Å². The third-order valence-corrected chi connectivity index (χ3v) is 4.80. The fraction of sp³-hybridized carbons (Fsp3) is 0.